The van der Waals surface area contributed by atoms with Crippen LogP contribution in [0.4, 0.5) is 0 Å². The molecule has 0 radical (unpaired) electrons. The molecule has 3 unspecified atom stereocenters. The first kappa shape index (κ1) is 12.9. The summed E-state index contributed by atoms with van der Waals surface area (Å²) in [5.41, 5.74) is 0. The van der Waals surface area contributed by atoms with Crippen molar-refractivity contribution >= 4 is 0 Å². The standard InChI is InChI=1S/C15H28N2O/c1-11(2)15-8-16-14(12-5-6-12)10-17(15)9-13-4-3-7-18-13/h11-16H,3-10H2,1-2H3. The third-order valence-corrected chi connectivity index (χ3v) is 4.91. The molecule has 104 valence electrons. The predicted molar refractivity (Wildman–Crippen MR) is 73.7 cm³/mol. The quantitative estimate of drug-likeness (QED) is 0.827. The van der Waals surface area contributed by atoms with Gasteiger partial charge in [-0.1, -0.05) is 13.8 Å². The molecule has 3 rings (SSSR count). The molecule has 1 N–H and O–H groups in total. The van der Waals surface area contributed by atoms with E-state index in [1.807, 2.05) is 0 Å². The van der Waals surface area contributed by atoms with Crippen molar-refractivity contribution in [3.63, 3.8) is 0 Å². The second-order valence-corrected chi connectivity index (χ2v) is 6.75. The van der Waals surface area contributed by atoms with E-state index in [0.717, 1.165) is 31.0 Å². The minimum absolute atomic E-state index is 0.504. The third-order valence-electron chi connectivity index (χ3n) is 4.91. The summed E-state index contributed by atoms with van der Waals surface area (Å²) < 4.78 is 5.83. The summed E-state index contributed by atoms with van der Waals surface area (Å²) in [4.78, 5) is 2.72. The van der Waals surface area contributed by atoms with Gasteiger partial charge >= 0.3 is 0 Å². The lowest BCUT2D eigenvalue weighted by molar-refractivity contribution is 0.0246. The van der Waals surface area contributed by atoms with Crippen LogP contribution in [0, 0.1) is 11.8 Å². The van der Waals surface area contributed by atoms with Gasteiger partial charge in [0.2, 0.25) is 0 Å². The summed E-state index contributed by atoms with van der Waals surface area (Å²) in [6.45, 7) is 9.26. The molecule has 0 amide bonds. The van der Waals surface area contributed by atoms with Gasteiger partial charge in [0.05, 0.1) is 6.10 Å². The SMILES string of the molecule is CC(C)C1CNC(C2CC2)CN1CC1CCCO1. The highest BCUT2D eigenvalue weighted by molar-refractivity contribution is 4.95. The monoisotopic (exact) mass is 252 g/mol. The third kappa shape index (κ3) is 2.89. The van der Waals surface area contributed by atoms with E-state index in [0.29, 0.717) is 12.1 Å². The zero-order chi connectivity index (χ0) is 12.5. The molecule has 2 heterocycles. The molecule has 3 atom stereocenters. The second-order valence-electron chi connectivity index (χ2n) is 6.75. The van der Waals surface area contributed by atoms with Gasteiger partial charge in [0.25, 0.3) is 0 Å². The summed E-state index contributed by atoms with van der Waals surface area (Å²) in [5.74, 6) is 1.70. The molecule has 3 heteroatoms. The van der Waals surface area contributed by atoms with E-state index in [4.69, 9.17) is 4.74 Å². The number of ether oxygens (including phenoxy) is 1. The smallest absolute Gasteiger partial charge is 0.0702 e. The van der Waals surface area contributed by atoms with Crippen LogP contribution in [-0.4, -0.2) is 49.3 Å². The molecule has 0 aromatic heterocycles. The van der Waals surface area contributed by atoms with Crippen molar-refractivity contribution in [2.75, 3.05) is 26.2 Å². The Morgan fingerprint density at radius 1 is 1.28 bits per heavy atom. The molecule has 1 aliphatic carbocycles. The maximum Gasteiger partial charge on any atom is 0.0702 e. The summed E-state index contributed by atoms with van der Waals surface area (Å²) in [7, 11) is 0. The van der Waals surface area contributed by atoms with Crippen LogP contribution >= 0.6 is 0 Å². The first-order valence-electron chi connectivity index (χ1n) is 7.83. The number of hydrogen-bond donors (Lipinski definition) is 1. The van der Waals surface area contributed by atoms with Gasteiger partial charge in [-0.3, -0.25) is 4.90 Å². The van der Waals surface area contributed by atoms with Crippen LogP contribution in [0.15, 0.2) is 0 Å². The van der Waals surface area contributed by atoms with Crippen molar-refractivity contribution in [3.8, 4) is 0 Å². The molecule has 18 heavy (non-hydrogen) atoms. The molecule has 3 nitrogen and oxygen atoms in total. The average molecular weight is 252 g/mol. The first-order chi connectivity index (χ1) is 8.74. The summed E-state index contributed by atoms with van der Waals surface area (Å²) in [5, 5.41) is 3.78. The fourth-order valence-corrected chi connectivity index (χ4v) is 3.59. The molecule has 0 aromatic carbocycles. The van der Waals surface area contributed by atoms with Gasteiger partial charge in [-0.15, -0.1) is 0 Å². The van der Waals surface area contributed by atoms with Crippen LogP contribution in [0.25, 0.3) is 0 Å². The highest BCUT2D eigenvalue weighted by Crippen LogP contribution is 2.35. The predicted octanol–water partition coefficient (Wildman–Crippen LogP) is 1.87. The fraction of sp³-hybridized carbons (Fsp3) is 1.00. The van der Waals surface area contributed by atoms with Crippen molar-refractivity contribution in [3.05, 3.63) is 0 Å². The molecule has 0 aromatic rings. The Labute approximate surface area is 111 Å². The summed E-state index contributed by atoms with van der Waals surface area (Å²) in [6.07, 6.45) is 5.91. The molecule has 3 aliphatic rings. The Balaban J connectivity index is 1.60. The minimum Gasteiger partial charge on any atom is -0.377 e. The molecular weight excluding hydrogens is 224 g/mol. The molecule has 2 saturated heterocycles. The number of hydrogen-bond acceptors (Lipinski definition) is 3. The van der Waals surface area contributed by atoms with Crippen LogP contribution in [0.5, 0.6) is 0 Å². The van der Waals surface area contributed by atoms with Crippen molar-refractivity contribution < 1.29 is 4.74 Å². The van der Waals surface area contributed by atoms with Crippen LogP contribution in [-0.2, 0) is 4.74 Å². The second kappa shape index (κ2) is 5.48. The number of nitrogens with zero attached hydrogens (tertiary/aromatic N) is 1. The summed E-state index contributed by atoms with van der Waals surface area (Å²) in [6, 6.07) is 1.45. The van der Waals surface area contributed by atoms with Gasteiger partial charge < -0.3 is 10.1 Å². The van der Waals surface area contributed by atoms with Crippen molar-refractivity contribution in [2.45, 2.75) is 57.7 Å². The van der Waals surface area contributed by atoms with Crippen LogP contribution in [0.3, 0.4) is 0 Å². The highest BCUT2D eigenvalue weighted by Gasteiger charge is 2.38. The molecule has 0 bridgehead atoms. The van der Waals surface area contributed by atoms with E-state index in [1.54, 1.807) is 0 Å². The zero-order valence-corrected chi connectivity index (χ0v) is 11.9. The Hall–Kier alpha value is -0.120. The molecule has 2 aliphatic heterocycles. The van der Waals surface area contributed by atoms with Gasteiger partial charge in [0, 0.05) is 38.3 Å². The van der Waals surface area contributed by atoms with Crippen LogP contribution in [0.1, 0.15) is 39.5 Å². The van der Waals surface area contributed by atoms with E-state index < -0.39 is 0 Å². The lowest BCUT2D eigenvalue weighted by Crippen LogP contribution is -2.60. The van der Waals surface area contributed by atoms with E-state index in [-0.39, 0.29) is 0 Å². The van der Waals surface area contributed by atoms with Crippen LogP contribution < -0.4 is 5.32 Å². The average Bonchev–Trinajstić information content (AvgIpc) is 3.08. The van der Waals surface area contributed by atoms with E-state index >= 15 is 0 Å². The Morgan fingerprint density at radius 3 is 2.72 bits per heavy atom. The van der Waals surface area contributed by atoms with E-state index in [9.17, 15) is 0 Å². The van der Waals surface area contributed by atoms with Crippen molar-refractivity contribution in [1.82, 2.24) is 10.2 Å². The fourth-order valence-electron chi connectivity index (χ4n) is 3.59. The highest BCUT2D eigenvalue weighted by atomic mass is 16.5. The maximum absolute atomic E-state index is 5.83. The van der Waals surface area contributed by atoms with Gasteiger partial charge in [-0.2, -0.15) is 0 Å². The van der Waals surface area contributed by atoms with E-state index in [2.05, 4.69) is 24.1 Å². The number of nitrogens with one attached hydrogen (secondary N) is 1. The Bertz CT molecular complexity index is 270. The lowest BCUT2D eigenvalue weighted by Gasteiger charge is -2.43. The molecule has 0 spiro atoms. The Kier molecular flexibility index (Phi) is 3.92. The molecular formula is C15H28N2O. The van der Waals surface area contributed by atoms with Gasteiger partial charge in [0.1, 0.15) is 0 Å². The van der Waals surface area contributed by atoms with Gasteiger partial charge in [-0.25, -0.2) is 0 Å². The lowest BCUT2D eigenvalue weighted by atomic mass is 9.96. The largest absolute Gasteiger partial charge is 0.377 e. The van der Waals surface area contributed by atoms with E-state index in [1.165, 1.54) is 38.8 Å². The summed E-state index contributed by atoms with van der Waals surface area (Å²) >= 11 is 0. The number of piperazine rings is 1. The molecule has 1 saturated carbocycles. The van der Waals surface area contributed by atoms with Gasteiger partial charge in [-0.05, 0) is 37.5 Å². The van der Waals surface area contributed by atoms with Gasteiger partial charge in [0.15, 0.2) is 0 Å². The zero-order valence-electron chi connectivity index (χ0n) is 11.9. The van der Waals surface area contributed by atoms with Crippen LogP contribution in [0.2, 0.25) is 0 Å². The van der Waals surface area contributed by atoms with Crippen molar-refractivity contribution in [2.24, 2.45) is 11.8 Å². The first-order valence-corrected chi connectivity index (χ1v) is 7.83. The van der Waals surface area contributed by atoms with Crippen molar-refractivity contribution in [1.29, 1.82) is 0 Å². The Morgan fingerprint density at radius 2 is 2.11 bits per heavy atom. The molecule has 3 fully saturated rings. The normalized spacial score (nSPS) is 38.5. The topological polar surface area (TPSA) is 24.5 Å². The minimum atomic E-state index is 0.504. The number of rotatable bonds is 4. The maximum atomic E-state index is 5.83.